The third kappa shape index (κ3) is 3.71. The zero-order valence-electron chi connectivity index (χ0n) is 15.9. The summed E-state index contributed by atoms with van der Waals surface area (Å²) in [5.74, 6) is 1.40. The van der Waals surface area contributed by atoms with Gasteiger partial charge in [-0.05, 0) is 30.4 Å². The number of aromatic nitrogens is 2. The minimum Gasteiger partial charge on any atom is -0.370 e. The number of ether oxygens (including phenoxy) is 1. The van der Waals surface area contributed by atoms with Crippen LogP contribution in [0.15, 0.2) is 24.7 Å². The number of piperidine rings is 1. The minimum atomic E-state index is -0.265. The molecule has 1 N–H and O–H groups in total. The summed E-state index contributed by atoms with van der Waals surface area (Å²) >= 11 is 1.63. The number of hydrogen-bond donors (Lipinski definition) is 1. The zero-order valence-corrected chi connectivity index (χ0v) is 16.7. The Hall–Kier alpha value is -1.99. The molecule has 27 heavy (non-hydrogen) atoms. The lowest BCUT2D eigenvalue weighted by Gasteiger charge is -2.44. The third-order valence-electron chi connectivity index (χ3n) is 5.35. The Kier molecular flexibility index (Phi) is 5.14. The van der Waals surface area contributed by atoms with Crippen LogP contribution in [0.2, 0.25) is 0 Å². The summed E-state index contributed by atoms with van der Waals surface area (Å²) in [5.41, 5.74) is 0.964. The number of carbonyl (C=O) groups is 1. The Labute approximate surface area is 164 Å². The molecule has 144 valence electrons. The van der Waals surface area contributed by atoms with Gasteiger partial charge >= 0.3 is 0 Å². The van der Waals surface area contributed by atoms with Crippen molar-refractivity contribution < 1.29 is 9.53 Å². The fraction of sp³-hybridized carbons (Fsp3) is 0.550. The van der Waals surface area contributed by atoms with Crippen molar-refractivity contribution in [2.75, 3.05) is 31.1 Å². The van der Waals surface area contributed by atoms with Crippen molar-refractivity contribution in [3.05, 3.63) is 40.0 Å². The van der Waals surface area contributed by atoms with Gasteiger partial charge in [-0.2, -0.15) is 0 Å². The molecule has 2 aromatic heterocycles. The second-order valence-electron chi connectivity index (χ2n) is 7.69. The molecule has 0 unspecified atom stereocenters. The first kappa shape index (κ1) is 18.4. The van der Waals surface area contributed by atoms with Gasteiger partial charge < -0.3 is 15.0 Å². The van der Waals surface area contributed by atoms with Crippen LogP contribution in [0.4, 0.5) is 5.82 Å². The second-order valence-corrected chi connectivity index (χ2v) is 8.83. The van der Waals surface area contributed by atoms with Gasteiger partial charge in [0.15, 0.2) is 0 Å². The molecule has 4 rings (SSSR count). The zero-order chi connectivity index (χ0) is 18.9. The number of hydrogen-bond acceptors (Lipinski definition) is 6. The van der Waals surface area contributed by atoms with E-state index in [-0.39, 0.29) is 11.5 Å². The Bertz CT molecular complexity index is 798. The predicted octanol–water partition coefficient (Wildman–Crippen LogP) is 2.99. The van der Waals surface area contributed by atoms with E-state index in [9.17, 15) is 4.79 Å². The fourth-order valence-corrected chi connectivity index (χ4v) is 5.03. The van der Waals surface area contributed by atoms with Gasteiger partial charge in [0.05, 0.1) is 23.3 Å². The van der Waals surface area contributed by atoms with E-state index in [1.165, 1.54) is 10.4 Å². The quantitative estimate of drug-likeness (QED) is 0.875. The molecule has 0 aromatic carbocycles. The largest absolute Gasteiger partial charge is 0.370 e. The summed E-state index contributed by atoms with van der Waals surface area (Å²) in [6.07, 6.45) is 7.94. The van der Waals surface area contributed by atoms with Crippen LogP contribution in [0, 0.1) is 5.92 Å². The molecule has 0 radical (unpaired) electrons. The van der Waals surface area contributed by atoms with E-state index >= 15 is 0 Å². The first-order valence-corrected chi connectivity index (χ1v) is 10.5. The van der Waals surface area contributed by atoms with Crippen LogP contribution in [0.5, 0.6) is 0 Å². The van der Waals surface area contributed by atoms with E-state index in [2.05, 4.69) is 40.1 Å². The van der Waals surface area contributed by atoms with E-state index in [0.717, 1.165) is 49.7 Å². The molecule has 1 spiro atoms. The molecular formula is C20H26N4O2S. The Morgan fingerprint density at radius 3 is 2.89 bits per heavy atom. The lowest BCUT2D eigenvalue weighted by molar-refractivity contribution is -0.0757. The summed E-state index contributed by atoms with van der Waals surface area (Å²) in [5, 5.41) is 3.03. The average Bonchev–Trinajstić information content (AvgIpc) is 3.14. The van der Waals surface area contributed by atoms with Gasteiger partial charge in [-0.3, -0.25) is 9.78 Å². The summed E-state index contributed by atoms with van der Waals surface area (Å²) in [7, 11) is 0. The molecule has 0 aliphatic carbocycles. The lowest BCUT2D eigenvalue weighted by atomic mass is 9.82. The molecule has 1 amide bonds. The fourth-order valence-electron chi connectivity index (χ4n) is 3.88. The standard InChI is InChI=1S/C20H26N4O2S/c1-14(2)12-23-19(25)17-11-15-16(27-17)3-10-26-20(15)4-8-24(9-5-20)18-13-21-6-7-22-18/h6-7,11,13-14H,3-5,8-10,12H2,1-2H3,(H,23,25). The Morgan fingerprint density at radius 1 is 1.37 bits per heavy atom. The van der Waals surface area contributed by atoms with E-state index < -0.39 is 0 Å². The maximum absolute atomic E-state index is 12.5. The molecule has 0 bridgehead atoms. The molecule has 2 aromatic rings. The minimum absolute atomic E-state index is 0.0373. The van der Waals surface area contributed by atoms with Crippen molar-refractivity contribution >= 4 is 23.1 Å². The number of fused-ring (bicyclic) bond motifs is 2. The van der Waals surface area contributed by atoms with Gasteiger partial charge in [0.2, 0.25) is 0 Å². The normalized spacial score (nSPS) is 18.6. The van der Waals surface area contributed by atoms with Crippen LogP contribution in [0.25, 0.3) is 0 Å². The third-order valence-corrected chi connectivity index (χ3v) is 6.54. The van der Waals surface area contributed by atoms with Crippen LogP contribution in [0.1, 0.15) is 46.8 Å². The van der Waals surface area contributed by atoms with Gasteiger partial charge in [0.25, 0.3) is 5.91 Å². The average molecular weight is 387 g/mol. The molecule has 6 nitrogen and oxygen atoms in total. The monoisotopic (exact) mass is 386 g/mol. The topological polar surface area (TPSA) is 67.3 Å². The van der Waals surface area contributed by atoms with Gasteiger partial charge in [0, 0.05) is 43.3 Å². The number of thiophene rings is 1. The van der Waals surface area contributed by atoms with Crippen molar-refractivity contribution in [3.8, 4) is 0 Å². The maximum atomic E-state index is 12.5. The first-order valence-electron chi connectivity index (χ1n) is 9.64. The first-order chi connectivity index (χ1) is 13.1. The molecule has 4 heterocycles. The molecular weight excluding hydrogens is 360 g/mol. The van der Waals surface area contributed by atoms with E-state index in [1.807, 2.05) is 6.20 Å². The highest BCUT2D eigenvalue weighted by Gasteiger charge is 2.42. The van der Waals surface area contributed by atoms with Gasteiger partial charge in [-0.25, -0.2) is 4.98 Å². The molecule has 2 aliphatic rings. The van der Waals surface area contributed by atoms with Crippen LogP contribution < -0.4 is 10.2 Å². The van der Waals surface area contributed by atoms with Gasteiger partial charge in [-0.1, -0.05) is 13.8 Å². The molecule has 1 saturated heterocycles. The summed E-state index contributed by atoms with van der Waals surface area (Å²) in [6, 6.07) is 2.08. The highest BCUT2D eigenvalue weighted by molar-refractivity contribution is 7.14. The number of amides is 1. The van der Waals surface area contributed by atoms with E-state index in [4.69, 9.17) is 4.74 Å². The summed E-state index contributed by atoms with van der Waals surface area (Å²) < 4.78 is 6.32. The van der Waals surface area contributed by atoms with Crippen molar-refractivity contribution in [2.24, 2.45) is 5.92 Å². The number of carbonyl (C=O) groups excluding carboxylic acids is 1. The smallest absolute Gasteiger partial charge is 0.261 e. The van der Waals surface area contributed by atoms with Crippen molar-refractivity contribution in [1.29, 1.82) is 0 Å². The molecule has 0 saturated carbocycles. The molecule has 2 aliphatic heterocycles. The number of nitrogens with one attached hydrogen (secondary N) is 1. The van der Waals surface area contributed by atoms with Crippen LogP contribution in [-0.2, 0) is 16.8 Å². The van der Waals surface area contributed by atoms with Crippen molar-refractivity contribution in [3.63, 3.8) is 0 Å². The van der Waals surface area contributed by atoms with E-state index in [0.29, 0.717) is 12.5 Å². The Balaban J connectivity index is 1.51. The van der Waals surface area contributed by atoms with Crippen molar-refractivity contribution in [1.82, 2.24) is 15.3 Å². The van der Waals surface area contributed by atoms with Crippen LogP contribution >= 0.6 is 11.3 Å². The van der Waals surface area contributed by atoms with E-state index in [1.54, 1.807) is 23.7 Å². The van der Waals surface area contributed by atoms with Crippen LogP contribution in [-0.4, -0.2) is 42.1 Å². The number of anilines is 1. The molecule has 7 heteroatoms. The highest BCUT2D eigenvalue weighted by Crippen LogP contribution is 2.45. The van der Waals surface area contributed by atoms with Crippen molar-refractivity contribution in [2.45, 2.75) is 38.7 Å². The number of rotatable bonds is 4. The lowest BCUT2D eigenvalue weighted by Crippen LogP contribution is -2.46. The Morgan fingerprint density at radius 2 is 2.19 bits per heavy atom. The highest BCUT2D eigenvalue weighted by atomic mass is 32.1. The van der Waals surface area contributed by atoms with Gasteiger partial charge in [-0.15, -0.1) is 11.3 Å². The summed E-state index contributed by atoms with van der Waals surface area (Å²) in [6.45, 7) is 7.40. The molecule has 1 fully saturated rings. The number of nitrogens with zero attached hydrogens (tertiary/aromatic N) is 3. The molecule has 0 atom stereocenters. The van der Waals surface area contributed by atoms with Gasteiger partial charge in [0.1, 0.15) is 5.82 Å². The SMILES string of the molecule is CC(C)CNC(=O)c1cc2c(s1)CCOC21CCN(c2cnccn2)CC1. The van der Waals surface area contributed by atoms with Crippen LogP contribution in [0.3, 0.4) is 0 Å². The predicted molar refractivity (Wildman–Crippen MR) is 106 cm³/mol. The summed E-state index contributed by atoms with van der Waals surface area (Å²) in [4.78, 5) is 25.5. The maximum Gasteiger partial charge on any atom is 0.261 e. The second kappa shape index (κ2) is 7.56.